The molecular weight excluding hydrogens is 360 g/mol. The van der Waals surface area contributed by atoms with E-state index in [-0.39, 0.29) is 17.7 Å². The van der Waals surface area contributed by atoms with Crippen molar-refractivity contribution >= 4 is 16.9 Å². The zero-order chi connectivity index (χ0) is 19.7. The molecule has 1 unspecified atom stereocenters. The Morgan fingerprint density at radius 2 is 1.79 bits per heavy atom. The zero-order valence-corrected chi connectivity index (χ0v) is 15.5. The Hall–Kier alpha value is -3.35. The maximum atomic E-state index is 13.9. The van der Waals surface area contributed by atoms with E-state index in [1.807, 2.05) is 19.2 Å². The first-order valence-corrected chi connectivity index (χ1v) is 8.92. The van der Waals surface area contributed by atoms with Crippen molar-refractivity contribution in [1.29, 1.82) is 0 Å². The van der Waals surface area contributed by atoms with Gasteiger partial charge in [-0.25, -0.2) is 18.7 Å². The second-order valence-corrected chi connectivity index (χ2v) is 6.71. The average molecular weight is 379 g/mol. The van der Waals surface area contributed by atoms with Crippen molar-refractivity contribution in [2.24, 2.45) is 7.05 Å². The van der Waals surface area contributed by atoms with Crippen molar-refractivity contribution in [3.8, 4) is 0 Å². The molecule has 0 spiro atoms. The fourth-order valence-corrected chi connectivity index (χ4v) is 3.28. The molecule has 0 fully saturated rings. The predicted octanol–water partition coefficient (Wildman–Crippen LogP) is 4.35. The molecule has 142 valence electrons. The molecule has 7 heteroatoms. The molecule has 4 aromatic rings. The molecule has 1 atom stereocenters. The highest BCUT2D eigenvalue weighted by atomic mass is 19.1. The van der Waals surface area contributed by atoms with Gasteiger partial charge in [-0.15, -0.1) is 0 Å². The number of benzene rings is 2. The van der Waals surface area contributed by atoms with E-state index >= 15 is 0 Å². The van der Waals surface area contributed by atoms with Gasteiger partial charge >= 0.3 is 0 Å². The lowest BCUT2D eigenvalue weighted by atomic mass is 9.98. The van der Waals surface area contributed by atoms with Crippen LogP contribution in [0.4, 0.5) is 14.6 Å². The third-order valence-electron chi connectivity index (χ3n) is 4.59. The Morgan fingerprint density at radius 3 is 2.54 bits per heavy atom. The highest BCUT2D eigenvalue weighted by molar-refractivity contribution is 5.86. The number of nitrogens with zero attached hydrogens (tertiary/aromatic N) is 4. The number of fused-ring (bicyclic) bond motifs is 1. The molecule has 0 bridgehead atoms. The van der Waals surface area contributed by atoms with Crippen LogP contribution in [-0.4, -0.2) is 19.7 Å². The number of aryl methyl sites for hydroxylation is 2. The van der Waals surface area contributed by atoms with E-state index in [9.17, 15) is 8.78 Å². The minimum atomic E-state index is -0.325. The molecule has 2 aromatic heterocycles. The quantitative estimate of drug-likeness (QED) is 0.560. The highest BCUT2D eigenvalue weighted by Crippen LogP contribution is 2.27. The lowest BCUT2D eigenvalue weighted by Crippen LogP contribution is -2.16. The second kappa shape index (κ2) is 7.34. The molecule has 0 saturated carbocycles. The van der Waals surface area contributed by atoms with Gasteiger partial charge in [0.05, 0.1) is 17.6 Å². The maximum absolute atomic E-state index is 13.9. The molecule has 0 radical (unpaired) electrons. The maximum Gasteiger partial charge on any atom is 0.163 e. The van der Waals surface area contributed by atoms with Crippen molar-refractivity contribution in [2.45, 2.75) is 19.4 Å². The number of anilines is 1. The van der Waals surface area contributed by atoms with E-state index in [2.05, 4.69) is 20.4 Å². The van der Waals surface area contributed by atoms with Crippen LogP contribution in [0.1, 0.15) is 23.0 Å². The minimum Gasteiger partial charge on any atom is -0.362 e. The van der Waals surface area contributed by atoms with E-state index in [0.717, 1.165) is 16.5 Å². The number of rotatable bonds is 5. The van der Waals surface area contributed by atoms with Crippen LogP contribution in [0.15, 0.2) is 54.7 Å². The van der Waals surface area contributed by atoms with Crippen LogP contribution in [0.2, 0.25) is 0 Å². The molecule has 0 aliphatic carbocycles. The molecule has 0 aliphatic rings. The second-order valence-electron chi connectivity index (χ2n) is 6.71. The van der Waals surface area contributed by atoms with E-state index in [1.54, 1.807) is 29.9 Å². The van der Waals surface area contributed by atoms with Crippen LogP contribution >= 0.6 is 0 Å². The summed E-state index contributed by atoms with van der Waals surface area (Å²) in [5.74, 6) is 0.584. The Kier molecular flexibility index (Phi) is 4.73. The standard InChI is InChI=1S/C21H19F2N5/c1-13-25-20(18-12-24-28(2)21(18)26-13)27-19(15-6-4-8-17(23)11-15)10-14-5-3-7-16(22)9-14/h3-9,11-12,19H,10H2,1-2H3,(H,25,26,27). The average Bonchev–Trinajstić information content (AvgIpc) is 3.02. The van der Waals surface area contributed by atoms with Gasteiger partial charge in [0.1, 0.15) is 23.3 Å². The molecule has 2 aromatic carbocycles. The van der Waals surface area contributed by atoms with Crippen molar-refractivity contribution in [2.75, 3.05) is 5.32 Å². The molecule has 28 heavy (non-hydrogen) atoms. The van der Waals surface area contributed by atoms with Crippen molar-refractivity contribution in [1.82, 2.24) is 19.7 Å². The Bertz CT molecular complexity index is 1140. The fourth-order valence-electron chi connectivity index (χ4n) is 3.28. The van der Waals surface area contributed by atoms with E-state index in [0.29, 0.717) is 23.7 Å². The molecule has 0 saturated heterocycles. The van der Waals surface area contributed by atoms with Gasteiger partial charge in [-0.3, -0.25) is 4.68 Å². The molecule has 0 aliphatic heterocycles. The smallest absolute Gasteiger partial charge is 0.163 e. The summed E-state index contributed by atoms with van der Waals surface area (Å²) in [5, 5.41) is 8.42. The third kappa shape index (κ3) is 3.69. The summed E-state index contributed by atoms with van der Waals surface area (Å²) in [7, 11) is 1.81. The summed E-state index contributed by atoms with van der Waals surface area (Å²) in [6.07, 6.45) is 2.16. The Morgan fingerprint density at radius 1 is 1.04 bits per heavy atom. The van der Waals surface area contributed by atoms with Gasteiger partial charge in [-0.05, 0) is 48.7 Å². The van der Waals surface area contributed by atoms with Crippen molar-refractivity contribution < 1.29 is 8.78 Å². The summed E-state index contributed by atoms with van der Waals surface area (Å²) in [6, 6.07) is 12.5. The monoisotopic (exact) mass is 379 g/mol. The number of nitrogens with one attached hydrogen (secondary N) is 1. The van der Waals surface area contributed by atoms with E-state index in [4.69, 9.17) is 0 Å². The lowest BCUT2D eigenvalue weighted by Gasteiger charge is -2.21. The summed E-state index contributed by atoms with van der Waals surface area (Å²) >= 11 is 0. The summed E-state index contributed by atoms with van der Waals surface area (Å²) in [5.41, 5.74) is 2.26. The van der Waals surface area contributed by atoms with Crippen LogP contribution in [0.5, 0.6) is 0 Å². The summed E-state index contributed by atoms with van der Waals surface area (Å²) in [4.78, 5) is 8.94. The number of hydrogen-bond acceptors (Lipinski definition) is 4. The first-order valence-electron chi connectivity index (χ1n) is 8.92. The molecular formula is C21H19F2N5. The van der Waals surface area contributed by atoms with Crippen molar-refractivity contribution in [3.63, 3.8) is 0 Å². The van der Waals surface area contributed by atoms with Gasteiger partial charge in [0.2, 0.25) is 0 Å². The highest BCUT2D eigenvalue weighted by Gasteiger charge is 2.18. The van der Waals surface area contributed by atoms with Crippen LogP contribution < -0.4 is 5.32 Å². The van der Waals surface area contributed by atoms with Gasteiger partial charge in [-0.2, -0.15) is 5.10 Å². The lowest BCUT2D eigenvalue weighted by molar-refractivity contribution is 0.617. The molecule has 4 rings (SSSR count). The van der Waals surface area contributed by atoms with Crippen LogP contribution in [0, 0.1) is 18.6 Å². The molecule has 5 nitrogen and oxygen atoms in total. The Labute approximate surface area is 161 Å². The van der Waals surface area contributed by atoms with Gasteiger partial charge in [0, 0.05) is 7.05 Å². The van der Waals surface area contributed by atoms with Crippen LogP contribution in [0.25, 0.3) is 11.0 Å². The number of halogens is 2. The van der Waals surface area contributed by atoms with E-state index < -0.39 is 0 Å². The molecule has 2 heterocycles. The third-order valence-corrected chi connectivity index (χ3v) is 4.59. The number of hydrogen-bond donors (Lipinski definition) is 1. The summed E-state index contributed by atoms with van der Waals surface area (Å²) < 4.78 is 29.2. The van der Waals surface area contributed by atoms with Crippen LogP contribution in [-0.2, 0) is 13.5 Å². The van der Waals surface area contributed by atoms with Gasteiger partial charge < -0.3 is 5.32 Å². The van der Waals surface area contributed by atoms with E-state index in [1.165, 1.54) is 24.3 Å². The Balaban J connectivity index is 1.76. The van der Waals surface area contributed by atoms with Gasteiger partial charge in [0.15, 0.2) is 5.65 Å². The minimum absolute atomic E-state index is 0.303. The normalized spacial score (nSPS) is 12.3. The number of aromatic nitrogens is 4. The predicted molar refractivity (Wildman–Crippen MR) is 104 cm³/mol. The largest absolute Gasteiger partial charge is 0.362 e. The summed E-state index contributed by atoms with van der Waals surface area (Å²) in [6.45, 7) is 1.81. The topological polar surface area (TPSA) is 55.6 Å². The van der Waals surface area contributed by atoms with Gasteiger partial charge in [0.25, 0.3) is 0 Å². The molecule has 0 amide bonds. The molecule has 1 N–H and O–H groups in total. The zero-order valence-electron chi connectivity index (χ0n) is 15.5. The first kappa shape index (κ1) is 18.0. The fraction of sp³-hybridized carbons (Fsp3) is 0.190. The van der Waals surface area contributed by atoms with Crippen LogP contribution in [0.3, 0.4) is 0 Å². The van der Waals surface area contributed by atoms with Gasteiger partial charge in [-0.1, -0.05) is 24.3 Å². The SMILES string of the molecule is Cc1nc(NC(Cc2cccc(F)c2)c2cccc(F)c2)c2cnn(C)c2n1. The first-order chi connectivity index (χ1) is 13.5. The van der Waals surface area contributed by atoms with Crippen molar-refractivity contribution in [3.05, 3.63) is 83.3 Å².